The zero-order chi connectivity index (χ0) is 18.5. The monoisotopic (exact) mass is 360 g/mol. The largest absolute Gasteiger partial charge is 0.493 e. The van der Waals surface area contributed by atoms with Gasteiger partial charge < -0.3 is 4.74 Å². The van der Waals surface area contributed by atoms with Gasteiger partial charge in [0.1, 0.15) is 5.75 Å². The second-order valence-corrected chi connectivity index (χ2v) is 7.60. The fourth-order valence-electron chi connectivity index (χ4n) is 4.83. The molecule has 0 atom stereocenters. The first-order chi connectivity index (χ1) is 13.9. The van der Waals surface area contributed by atoms with Crippen LogP contribution in [0.25, 0.3) is 21.9 Å². The molecule has 0 spiro atoms. The smallest absolute Gasteiger partial charge is 0.127 e. The van der Waals surface area contributed by atoms with E-state index in [9.17, 15) is 0 Å². The molecule has 0 saturated carbocycles. The molecule has 0 unspecified atom stereocenters. The number of hydrogen-bond donors (Lipinski definition) is 0. The molecule has 4 aromatic carbocycles. The van der Waals surface area contributed by atoms with Crippen molar-refractivity contribution in [3.63, 3.8) is 0 Å². The Kier molecular flexibility index (Phi) is 3.42. The van der Waals surface area contributed by atoms with E-state index >= 15 is 0 Å². The quantitative estimate of drug-likeness (QED) is 0.307. The molecule has 1 aliphatic carbocycles. The first kappa shape index (κ1) is 15.7. The van der Waals surface area contributed by atoms with E-state index in [1.165, 1.54) is 49.7 Å². The van der Waals surface area contributed by atoms with Crippen molar-refractivity contribution >= 4 is 21.9 Å². The Morgan fingerprint density at radius 1 is 0.643 bits per heavy atom. The number of hydrogen-bond acceptors (Lipinski definition) is 1. The third-order valence-electron chi connectivity index (χ3n) is 6.06. The van der Waals surface area contributed by atoms with Crippen LogP contribution in [0.5, 0.6) is 5.75 Å². The van der Waals surface area contributed by atoms with Crippen LogP contribution in [0.2, 0.25) is 0 Å². The molecule has 0 fully saturated rings. The van der Waals surface area contributed by atoms with E-state index in [2.05, 4.69) is 84.9 Å². The average molecular weight is 360 g/mol. The standard InChI is InChI=1S/C27H20O/c1-4-10-21-18(7-1)13-14-25-27(21)24(15-16-28-25)26-22-11-5-2-8-19(22)17-20-9-3-6-12-23(20)26/h1-14H,15-17H2. The molecule has 0 amide bonds. The highest BCUT2D eigenvalue weighted by Gasteiger charge is 2.27. The van der Waals surface area contributed by atoms with Crippen LogP contribution in [0.4, 0.5) is 0 Å². The third kappa shape index (κ3) is 2.26. The summed E-state index contributed by atoms with van der Waals surface area (Å²) in [6.07, 6.45) is 1.93. The summed E-state index contributed by atoms with van der Waals surface area (Å²) in [4.78, 5) is 0. The maximum absolute atomic E-state index is 6.09. The zero-order valence-corrected chi connectivity index (χ0v) is 15.6. The fraction of sp³-hybridized carbons (Fsp3) is 0.111. The number of ether oxygens (including phenoxy) is 1. The van der Waals surface area contributed by atoms with Crippen LogP contribution in [0.1, 0.15) is 34.2 Å². The lowest BCUT2D eigenvalue weighted by Crippen LogP contribution is -2.13. The highest BCUT2D eigenvalue weighted by atomic mass is 16.5. The molecule has 6 rings (SSSR count). The molecule has 2 aliphatic rings. The topological polar surface area (TPSA) is 9.23 Å². The normalized spacial score (nSPS) is 14.9. The molecule has 28 heavy (non-hydrogen) atoms. The second-order valence-electron chi connectivity index (χ2n) is 7.60. The first-order valence-corrected chi connectivity index (χ1v) is 9.95. The van der Waals surface area contributed by atoms with Gasteiger partial charge in [-0.05, 0) is 56.7 Å². The second kappa shape index (κ2) is 6.10. The van der Waals surface area contributed by atoms with Crippen LogP contribution in [0, 0.1) is 0 Å². The molecule has 0 N–H and O–H groups in total. The number of rotatable bonds is 0. The summed E-state index contributed by atoms with van der Waals surface area (Å²) in [5, 5.41) is 2.55. The summed E-state index contributed by atoms with van der Waals surface area (Å²) < 4.78 is 6.09. The van der Waals surface area contributed by atoms with Crippen LogP contribution < -0.4 is 4.74 Å². The Hall–Kier alpha value is -3.32. The summed E-state index contributed by atoms with van der Waals surface area (Å²) in [7, 11) is 0. The molecule has 1 heteroatoms. The molecule has 0 aromatic heterocycles. The molecule has 1 nitrogen and oxygen atoms in total. The third-order valence-corrected chi connectivity index (χ3v) is 6.06. The van der Waals surface area contributed by atoms with Gasteiger partial charge in [0.05, 0.1) is 6.61 Å². The lowest BCUT2D eigenvalue weighted by Gasteiger charge is -2.29. The maximum atomic E-state index is 6.09. The van der Waals surface area contributed by atoms with Crippen molar-refractivity contribution in [1.82, 2.24) is 0 Å². The van der Waals surface area contributed by atoms with E-state index in [-0.39, 0.29) is 0 Å². The predicted molar refractivity (Wildman–Crippen MR) is 116 cm³/mol. The molecular formula is C27H20O. The Labute approximate surface area is 164 Å². The average Bonchev–Trinajstić information content (AvgIpc) is 2.77. The highest BCUT2D eigenvalue weighted by Crippen LogP contribution is 2.47. The minimum absolute atomic E-state index is 0.731. The zero-order valence-electron chi connectivity index (χ0n) is 15.6. The van der Waals surface area contributed by atoms with E-state index in [0.29, 0.717) is 0 Å². The van der Waals surface area contributed by atoms with Crippen molar-refractivity contribution in [2.24, 2.45) is 0 Å². The Morgan fingerprint density at radius 3 is 2.11 bits per heavy atom. The molecule has 0 bridgehead atoms. The van der Waals surface area contributed by atoms with Gasteiger partial charge in [-0.25, -0.2) is 0 Å². The van der Waals surface area contributed by atoms with Crippen LogP contribution in [0.15, 0.2) is 84.9 Å². The van der Waals surface area contributed by atoms with Crippen LogP contribution in [-0.2, 0) is 6.42 Å². The van der Waals surface area contributed by atoms with Crippen LogP contribution in [0.3, 0.4) is 0 Å². The lowest BCUT2D eigenvalue weighted by atomic mass is 9.77. The molecule has 134 valence electrons. The summed E-state index contributed by atoms with van der Waals surface area (Å²) in [6.45, 7) is 0.731. The maximum Gasteiger partial charge on any atom is 0.127 e. The Balaban J connectivity index is 1.76. The molecule has 0 saturated heterocycles. The summed E-state index contributed by atoms with van der Waals surface area (Å²) in [5.41, 5.74) is 9.64. The van der Waals surface area contributed by atoms with Gasteiger partial charge in [0, 0.05) is 12.0 Å². The lowest BCUT2D eigenvalue weighted by molar-refractivity contribution is 0.317. The van der Waals surface area contributed by atoms with Crippen LogP contribution in [-0.4, -0.2) is 6.61 Å². The van der Waals surface area contributed by atoms with E-state index in [1.54, 1.807) is 0 Å². The first-order valence-electron chi connectivity index (χ1n) is 9.95. The minimum atomic E-state index is 0.731. The van der Waals surface area contributed by atoms with Crippen molar-refractivity contribution in [1.29, 1.82) is 0 Å². The molecule has 4 aromatic rings. The molecule has 1 aliphatic heterocycles. The van der Waals surface area contributed by atoms with Crippen molar-refractivity contribution in [3.05, 3.63) is 113 Å². The van der Waals surface area contributed by atoms with Crippen molar-refractivity contribution < 1.29 is 4.74 Å². The number of fused-ring (bicyclic) bond motifs is 5. The van der Waals surface area contributed by atoms with E-state index in [4.69, 9.17) is 4.74 Å². The van der Waals surface area contributed by atoms with Gasteiger partial charge in [-0.1, -0.05) is 78.9 Å². The Morgan fingerprint density at radius 2 is 1.32 bits per heavy atom. The molecule has 1 heterocycles. The minimum Gasteiger partial charge on any atom is -0.493 e. The van der Waals surface area contributed by atoms with Gasteiger partial charge in [-0.2, -0.15) is 0 Å². The van der Waals surface area contributed by atoms with E-state index < -0.39 is 0 Å². The van der Waals surface area contributed by atoms with E-state index in [0.717, 1.165) is 25.2 Å². The predicted octanol–water partition coefficient (Wildman–Crippen LogP) is 6.49. The van der Waals surface area contributed by atoms with Crippen molar-refractivity contribution in [2.45, 2.75) is 12.8 Å². The fourth-order valence-corrected chi connectivity index (χ4v) is 4.83. The van der Waals surface area contributed by atoms with E-state index in [1.807, 2.05) is 0 Å². The van der Waals surface area contributed by atoms with Gasteiger partial charge in [0.2, 0.25) is 0 Å². The molecular weight excluding hydrogens is 340 g/mol. The van der Waals surface area contributed by atoms with Gasteiger partial charge >= 0.3 is 0 Å². The Bertz CT molecular complexity index is 1210. The molecule has 0 radical (unpaired) electrons. The van der Waals surface area contributed by atoms with Crippen LogP contribution >= 0.6 is 0 Å². The van der Waals surface area contributed by atoms with Crippen molar-refractivity contribution in [3.8, 4) is 5.75 Å². The van der Waals surface area contributed by atoms with Crippen molar-refractivity contribution in [2.75, 3.05) is 6.61 Å². The van der Waals surface area contributed by atoms with Gasteiger partial charge in [-0.3, -0.25) is 0 Å². The summed E-state index contributed by atoms with van der Waals surface area (Å²) in [5.74, 6) is 1.01. The SMILES string of the molecule is c1ccc2c(c1)Cc1ccccc1C2=C1CCOc2ccc3ccccc3c21. The van der Waals surface area contributed by atoms with Gasteiger partial charge in [0.25, 0.3) is 0 Å². The highest BCUT2D eigenvalue weighted by molar-refractivity contribution is 6.08. The van der Waals surface area contributed by atoms with Gasteiger partial charge in [0.15, 0.2) is 0 Å². The summed E-state index contributed by atoms with van der Waals surface area (Å²) in [6, 6.07) is 30.7. The number of benzene rings is 4. The van der Waals surface area contributed by atoms with Gasteiger partial charge in [-0.15, -0.1) is 0 Å². The summed E-state index contributed by atoms with van der Waals surface area (Å²) >= 11 is 0.